The normalized spacial score (nSPS) is 10.7. The van der Waals surface area contributed by atoms with Crippen molar-refractivity contribution in [3.8, 4) is 0 Å². The van der Waals surface area contributed by atoms with Gasteiger partial charge in [0.05, 0.1) is 11.4 Å². The Kier molecular flexibility index (Phi) is 3.83. The molecule has 0 unspecified atom stereocenters. The fourth-order valence-electron chi connectivity index (χ4n) is 0.640. The highest BCUT2D eigenvalue weighted by atomic mass is 14.9. The molecule has 0 bridgehead atoms. The van der Waals surface area contributed by atoms with E-state index in [1.165, 1.54) is 6.08 Å². The van der Waals surface area contributed by atoms with Crippen LogP contribution in [0.5, 0.6) is 0 Å². The Balaban J connectivity index is 4.22. The van der Waals surface area contributed by atoms with Gasteiger partial charge >= 0.3 is 0 Å². The molecule has 0 saturated carbocycles. The Morgan fingerprint density at radius 2 is 1.92 bits per heavy atom. The molecule has 0 aliphatic carbocycles. The predicted molar refractivity (Wildman–Crippen MR) is 52.8 cm³/mol. The summed E-state index contributed by atoms with van der Waals surface area (Å²) >= 11 is 0. The fraction of sp³-hybridized carbons (Fsp3) is 0.222. The summed E-state index contributed by atoms with van der Waals surface area (Å²) in [6.07, 6.45) is 1.54. The minimum Gasteiger partial charge on any atom is -0.402 e. The van der Waals surface area contributed by atoms with Crippen molar-refractivity contribution < 1.29 is 0 Å². The third kappa shape index (κ3) is 4.33. The zero-order valence-electron chi connectivity index (χ0n) is 7.57. The van der Waals surface area contributed by atoms with Crippen molar-refractivity contribution in [2.75, 3.05) is 0 Å². The molecule has 0 rings (SSSR count). The summed E-state index contributed by atoms with van der Waals surface area (Å²) in [7, 11) is 0. The van der Waals surface area contributed by atoms with Gasteiger partial charge in [-0.25, -0.2) is 0 Å². The molecule has 0 spiro atoms. The first kappa shape index (κ1) is 10.5. The summed E-state index contributed by atoms with van der Waals surface area (Å²) in [5.74, 6) is 0. The SMILES string of the molecule is C=C(C)NC(=C)C(=N)/C=C(/C)N. The smallest absolute Gasteiger partial charge is 0.0785 e. The minimum absolute atomic E-state index is 0.276. The molecular formula is C9H15N3. The van der Waals surface area contributed by atoms with Gasteiger partial charge in [-0.2, -0.15) is 0 Å². The lowest BCUT2D eigenvalue weighted by Crippen LogP contribution is -2.15. The maximum atomic E-state index is 7.46. The van der Waals surface area contributed by atoms with Crippen LogP contribution in [0.4, 0.5) is 0 Å². The number of hydrogen-bond donors (Lipinski definition) is 3. The molecular weight excluding hydrogens is 150 g/mol. The largest absolute Gasteiger partial charge is 0.402 e. The Morgan fingerprint density at radius 1 is 1.42 bits per heavy atom. The van der Waals surface area contributed by atoms with Crippen LogP contribution in [0.2, 0.25) is 0 Å². The molecule has 0 heterocycles. The third-order valence-electron chi connectivity index (χ3n) is 1.06. The molecule has 12 heavy (non-hydrogen) atoms. The van der Waals surface area contributed by atoms with Gasteiger partial charge < -0.3 is 11.1 Å². The van der Waals surface area contributed by atoms with E-state index in [4.69, 9.17) is 11.1 Å². The summed E-state index contributed by atoms with van der Waals surface area (Å²) in [4.78, 5) is 0. The van der Waals surface area contributed by atoms with E-state index < -0.39 is 0 Å². The van der Waals surface area contributed by atoms with Crippen LogP contribution in [0.3, 0.4) is 0 Å². The molecule has 0 aromatic rings. The van der Waals surface area contributed by atoms with Crippen LogP contribution in [-0.2, 0) is 0 Å². The van der Waals surface area contributed by atoms with Gasteiger partial charge in [0.1, 0.15) is 0 Å². The lowest BCUT2D eigenvalue weighted by atomic mass is 10.2. The van der Waals surface area contributed by atoms with Gasteiger partial charge in [0, 0.05) is 11.4 Å². The molecule has 3 nitrogen and oxygen atoms in total. The second-order valence-corrected chi connectivity index (χ2v) is 2.69. The van der Waals surface area contributed by atoms with E-state index in [1.807, 2.05) is 0 Å². The van der Waals surface area contributed by atoms with Crippen LogP contribution in [0.15, 0.2) is 36.3 Å². The van der Waals surface area contributed by atoms with Crippen LogP contribution < -0.4 is 11.1 Å². The molecule has 0 atom stereocenters. The highest BCUT2D eigenvalue weighted by molar-refractivity contribution is 6.05. The molecule has 0 fully saturated rings. The Labute approximate surface area is 73.2 Å². The second kappa shape index (κ2) is 4.38. The van der Waals surface area contributed by atoms with E-state index in [1.54, 1.807) is 13.8 Å². The third-order valence-corrected chi connectivity index (χ3v) is 1.06. The average Bonchev–Trinajstić information content (AvgIpc) is 1.84. The van der Waals surface area contributed by atoms with E-state index >= 15 is 0 Å². The van der Waals surface area contributed by atoms with Crippen molar-refractivity contribution in [3.05, 3.63) is 36.3 Å². The van der Waals surface area contributed by atoms with E-state index in [-0.39, 0.29) is 5.71 Å². The molecule has 0 radical (unpaired) electrons. The monoisotopic (exact) mass is 165 g/mol. The average molecular weight is 165 g/mol. The van der Waals surface area contributed by atoms with E-state index in [9.17, 15) is 0 Å². The summed E-state index contributed by atoms with van der Waals surface area (Å²) in [6, 6.07) is 0. The Morgan fingerprint density at radius 3 is 2.25 bits per heavy atom. The summed E-state index contributed by atoms with van der Waals surface area (Å²) < 4.78 is 0. The van der Waals surface area contributed by atoms with Gasteiger partial charge in [0.2, 0.25) is 0 Å². The second-order valence-electron chi connectivity index (χ2n) is 2.69. The summed E-state index contributed by atoms with van der Waals surface area (Å²) in [6.45, 7) is 10.8. The van der Waals surface area contributed by atoms with E-state index in [0.717, 1.165) is 5.70 Å². The zero-order valence-corrected chi connectivity index (χ0v) is 7.57. The topological polar surface area (TPSA) is 61.9 Å². The molecule has 0 saturated heterocycles. The molecule has 66 valence electrons. The van der Waals surface area contributed by atoms with Crippen molar-refractivity contribution in [2.24, 2.45) is 5.73 Å². The summed E-state index contributed by atoms with van der Waals surface area (Å²) in [5, 5.41) is 10.3. The van der Waals surface area contributed by atoms with E-state index in [0.29, 0.717) is 11.4 Å². The molecule has 0 aromatic heterocycles. The van der Waals surface area contributed by atoms with Crippen molar-refractivity contribution in [3.63, 3.8) is 0 Å². The standard InChI is InChI=1S/C9H15N3/c1-6(2)12-8(4)9(11)5-7(3)10/h5,11-12H,1,4,10H2,2-3H3/b7-5-,11-9?. The van der Waals surface area contributed by atoms with Gasteiger partial charge in [-0.3, -0.25) is 5.41 Å². The van der Waals surface area contributed by atoms with Gasteiger partial charge in [-0.1, -0.05) is 13.2 Å². The Bertz CT molecular complexity index is 244. The van der Waals surface area contributed by atoms with Crippen molar-refractivity contribution in [2.45, 2.75) is 13.8 Å². The van der Waals surface area contributed by atoms with Crippen molar-refractivity contribution >= 4 is 5.71 Å². The highest BCUT2D eigenvalue weighted by Crippen LogP contribution is 1.95. The Hall–Kier alpha value is -1.51. The first-order valence-corrected chi connectivity index (χ1v) is 3.57. The van der Waals surface area contributed by atoms with Crippen molar-refractivity contribution in [1.29, 1.82) is 5.41 Å². The minimum atomic E-state index is 0.276. The highest BCUT2D eigenvalue weighted by Gasteiger charge is 1.97. The van der Waals surface area contributed by atoms with Crippen LogP contribution in [0.1, 0.15) is 13.8 Å². The number of nitrogens with two attached hydrogens (primary N) is 1. The quantitative estimate of drug-likeness (QED) is 0.553. The zero-order chi connectivity index (χ0) is 9.72. The maximum absolute atomic E-state index is 7.46. The van der Waals surface area contributed by atoms with Gasteiger partial charge in [0.15, 0.2) is 0 Å². The van der Waals surface area contributed by atoms with E-state index in [2.05, 4.69) is 18.5 Å². The van der Waals surface area contributed by atoms with Gasteiger partial charge in [0.25, 0.3) is 0 Å². The van der Waals surface area contributed by atoms with Gasteiger partial charge in [-0.05, 0) is 19.9 Å². The molecule has 4 N–H and O–H groups in total. The van der Waals surface area contributed by atoms with Crippen molar-refractivity contribution in [1.82, 2.24) is 5.32 Å². The van der Waals surface area contributed by atoms with Crippen LogP contribution in [0.25, 0.3) is 0 Å². The van der Waals surface area contributed by atoms with Gasteiger partial charge in [-0.15, -0.1) is 0 Å². The fourth-order valence-corrected chi connectivity index (χ4v) is 0.640. The molecule has 0 aromatic carbocycles. The summed E-state index contributed by atoms with van der Waals surface area (Å²) in [5.41, 5.74) is 7.52. The van der Waals surface area contributed by atoms with Crippen LogP contribution >= 0.6 is 0 Å². The lowest BCUT2D eigenvalue weighted by molar-refractivity contribution is 1.03. The molecule has 0 aliphatic heterocycles. The number of allylic oxidation sites excluding steroid dienone is 3. The lowest BCUT2D eigenvalue weighted by Gasteiger charge is -2.06. The maximum Gasteiger partial charge on any atom is 0.0785 e. The van der Waals surface area contributed by atoms with Crippen LogP contribution in [0, 0.1) is 5.41 Å². The first-order chi connectivity index (χ1) is 5.43. The predicted octanol–water partition coefficient (Wildman–Crippen LogP) is 1.51. The molecule has 0 aliphatic rings. The number of nitrogens with one attached hydrogen (secondary N) is 2. The number of hydrogen-bond acceptors (Lipinski definition) is 3. The number of rotatable bonds is 4. The first-order valence-electron chi connectivity index (χ1n) is 3.57. The van der Waals surface area contributed by atoms with Crippen LogP contribution in [-0.4, -0.2) is 5.71 Å². The molecule has 0 amide bonds. The molecule has 3 heteroatoms.